The average molecular weight is 481 g/mol. The van der Waals surface area contributed by atoms with E-state index in [1.807, 2.05) is 18.2 Å². The molecule has 0 aliphatic carbocycles. The van der Waals surface area contributed by atoms with E-state index in [2.05, 4.69) is 69.0 Å². The number of pyridine rings is 1. The van der Waals surface area contributed by atoms with E-state index >= 15 is 0 Å². The SMILES string of the molecule is O=C(Nc1cccc(N2CCC(NCC[C@@H](c3ccccc3)c3ccco3)CC2)c1)c1cccnc1. The lowest BCUT2D eigenvalue weighted by Gasteiger charge is -2.34. The van der Waals surface area contributed by atoms with Gasteiger partial charge in [-0.2, -0.15) is 0 Å². The first kappa shape index (κ1) is 23.8. The molecule has 6 nitrogen and oxygen atoms in total. The number of carbonyl (C=O) groups is 1. The maximum Gasteiger partial charge on any atom is 0.257 e. The summed E-state index contributed by atoms with van der Waals surface area (Å²) in [5.41, 5.74) is 3.78. The Hall–Kier alpha value is -3.90. The molecular formula is C30H32N4O2. The number of hydrogen-bond donors (Lipinski definition) is 2. The Morgan fingerprint density at radius 3 is 2.61 bits per heavy atom. The van der Waals surface area contributed by atoms with Gasteiger partial charge in [-0.15, -0.1) is 0 Å². The lowest BCUT2D eigenvalue weighted by molar-refractivity contribution is 0.102. The minimum atomic E-state index is -0.147. The van der Waals surface area contributed by atoms with E-state index in [0.717, 1.165) is 56.0 Å². The molecule has 36 heavy (non-hydrogen) atoms. The third kappa shape index (κ3) is 6.01. The smallest absolute Gasteiger partial charge is 0.257 e. The standard InChI is InChI=1S/C30H32N4O2/c35-30(24-9-5-16-31-22-24)33-26-10-4-11-27(21-26)34-18-14-25(15-19-34)32-17-13-28(29-12-6-20-36-29)23-7-2-1-3-8-23/h1-12,16,20-22,25,28,32H,13-15,17-19H2,(H,33,35)/t28-/m0/s1. The number of piperidine rings is 1. The van der Waals surface area contributed by atoms with Crippen LogP contribution in [0, 0.1) is 0 Å². The minimum absolute atomic E-state index is 0.147. The minimum Gasteiger partial charge on any atom is -0.469 e. The van der Waals surface area contributed by atoms with Crippen molar-refractivity contribution in [3.05, 3.63) is 114 Å². The third-order valence-electron chi connectivity index (χ3n) is 6.84. The number of hydrogen-bond acceptors (Lipinski definition) is 5. The lowest BCUT2D eigenvalue weighted by Crippen LogP contribution is -2.43. The van der Waals surface area contributed by atoms with Crippen LogP contribution >= 0.6 is 0 Å². The van der Waals surface area contributed by atoms with Gasteiger partial charge in [0, 0.05) is 48.8 Å². The van der Waals surface area contributed by atoms with Crippen LogP contribution in [0.15, 0.2) is 102 Å². The van der Waals surface area contributed by atoms with E-state index in [0.29, 0.717) is 11.6 Å². The van der Waals surface area contributed by atoms with Gasteiger partial charge in [-0.25, -0.2) is 0 Å². The first-order chi connectivity index (χ1) is 17.8. The second kappa shape index (κ2) is 11.7. The van der Waals surface area contributed by atoms with Crippen LogP contribution in [0.4, 0.5) is 11.4 Å². The number of furan rings is 1. The predicted octanol–water partition coefficient (Wildman–Crippen LogP) is 5.71. The molecule has 0 unspecified atom stereocenters. The van der Waals surface area contributed by atoms with E-state index in [4.69, 9.17) is 4.42 Å². The number of nitrogens with zero attached hydrogens (tertiary/aromatic N) is 2. The molecular weight excluding hydrogens is 448 g/mol. The zero-order valence-corrected chi connectivity index (χ0v) is 20.3. The van der Waals surface area contributed by atoms with Gasteiger partial charge in [-0.3, -0.25) is 9.78 Å². The molecule has 3 heterocycles. The summed E-state index contributed by atoms with van der Waals surface area (Å²) < 4.78 is 5.75. The number of carbonyl (C=O) groups excluding carboxylic acids is 1. The van der Waals surface area contributed by atoms with Crippen LogP contribution in [-0.2, 0) is 0 Å². The third-order valence-corrected chi connectivity index (χ3v) is 6.84. The lowest BCUT2D eigenvalue weighted by atomic mass is 9.93. The maximum atomic E-state index is 12.5. The van der Waals surface area contributed by atoms with Gasteiger partial charge in [-0.1, -0.05) is 36.4 Å². The van der Waals surface area contributed by atoms with Crippen LogP contribution in [0.3, 0.4) is 0 Å². The number of anilines is 2. The summed E-state index contributed by atoms with van der Waals surface area (Å²) in [6.45, 7) is 2.91. The molecule has 1 atom stereocenters. The van der Waals surface area contributed by atoms with Gasteiger partial charge in [-0.05, 0) is 73.8 Å². The first-order valence-corrected chi connectivity index (χ1v) is 12.6. The van der Waals surface area contributed by atoms with Gasteiger partial charge in [0.2, 0.25) is 0 Å². The fraction of sp³-hybridized carbons (Fsp3) is 0.267. The maximum absolute atomic E-state index is 12.5. The molecule has 4 aromatic rings. The van der Waals surface area contributed by atoms with Crippen molar-refractivity contribution in [3.8, 4) is 0 Å². The summed E-state index contributed by atoms with van der Waals surface area (Å²) in [7, 11) is 0. The highest BCUT2D eigenvalue weighted by Gasteiger charge is 2.21. The van der Waals surface area contributed by atoms with Crippen LogP contribution in [0.1, 0.15) is 46.9 Å². The van der Waals surface area contributed by atoms with Gasteiger partial charge in [0.15, 0.2) is 0 Å². The normalized spacial score (nSPS) is 14.9. The van der Waals surface area contributed by atoms with Crippen LogP contribution in [0.5, 0.6) is 0 Å². The number of amides is 1. The predicted molar refractivity (Wildman–Crippen MR) is 143 cm³/mol. The van der Waals surface area contributed by atoms with Gasteiger partial charge in [0.05, 0.1) is 11.8 Å². The van der Waals surface area contributed by atoms with Crippen molar-refractivity contribution in [2.75, 3.05) is 29.9 Å². The molecule has 1 aliphatic rings. The second-order valence-electron chi connectivity index (χ2n) is 9.23. The van der Waals surface area contributed by atoms with Crippen molar-refractivity contribution >= 4 is 17.3 Å². The van der Waals surface area contributed by atoms with Crippen molar-refractivity contribution in [1.82, 2.24) is 10.3 Å². The molecule has 1 aliphatic heterocycles. The van der Waals surface area contributed by atoms with Crippen LogP contribution in [0.2, 0.25) is 0 Å². The number of aromatic nitrogens is 1. The number of benzene rings is 2. The van der Waals surface area contributed by atoms with E-state index < -0.39 is 0 Å². The Kier molecular flexibility index (Phi) is 7.73. The molecule has 0 spiro atoms. The molecule has 2 N–H and O–H groups in total. The van der Waals surface area contributed by atoms with E-state index in [-0.39, 0.29) is 11.8 Å². The van der Waals surface area contributed by atoms with Gasteiger partial charge >= 0.3 is 0 Å². The highest BCUT2D eigenvalue weighted by atomic mass is 16.3. The molecule has 0 saturated carbocycles. The molecule has 5 rings (SSSR count). The Balaban J connectivity index is 1.12. The van der Waals surface area contributed by atoms with E-state index in [1.165, 1.54) is 5.56 Å². The fourth-order valence-corrected chi connectivity index (χ4v) is 4.90. The summed E-state index contributed by atoms with van der Waals surface area (Å²) in [6, 6.07) is 26.8. The molecule has 2 aromatic heterocycles. The molecule has 184 valence electrons. The van der Waals surface area contributed by atoms with Crippen molar-refractivity contribution in [2.45, 2.75) is 31.2 Å². The van der Waals surface area contributed by atoms with Crippen LogP contribution < -0.4 is 15.5 Å². The highest BCUT2D eigenvalue weighted by Crippen LogP contribution is 2.28. The monoisotopic (exact) mass is 480 g/mol. The number of rotatable bonds is 9. The fourth-order valence-electron chi connectivity index (χ4n) is 4.90. The Morgan fingerprint density at radius 2 is 1.86 bits per heavy atom. The molecule has 1 fully saturated rings. The zero-order chi connectivity index (χ0) is 24.6. The molecule has 0 bridgehead atoms. The van der Waals surface area contributed by atoms with Crippen molar-refractivity contribution in [3.63, 3.8) is 0 Å². The summed E-state index contributed by atoms with van der Waals surface area (Å²) in [6.07, 6.45) is 8.17. The summed E-state index contributed by atoms with van der Waals surface area (Å²) in [4.78, 5) is 18.9. The van der Waals surface area contributed by atoms with Crippen molar-refractivity contribution < 1.29 is 9.21 Å². The quantitative estimate of drug-likeness (QED) is 0.321. The van der Waals surface area contributed by atoms with Crippen molar-refractivity contribution in [2.24, 2.45) is 0 Å². The number of nitrogens with one attached hydrogen (secondary N) is 2. The molecule has 1 saturated heterocycles. The van der Waals surface area contributed by atoms with E-state index in [1.54, 1.807) is 30.8 Å². The summed E-state index contributed by atoms with van der Waals surface area (Å²) in [5.74, 6) is 1.14. The summed E-state index contributed by atoms with van der Waals surface area (Å²) >= 11 is 0. The largest absolute Gasteiger partial charge is 0.469 e. The van der Waals surface area contributed by atoms with Gasteiger partial charge < -0.3 is 20.0 Å². The highest BCUT2D eigenvalue weighted by molar-refractivity contribution is 6.04. The van der Waals surface area contributed by atoms with Crippen molar-refractivity contribution in [1.29, 1.82) is 0 Å². The van der Waals surface area contributed by atoms with Crippen LogP contribution in [0.25, 0.3) is 0 Å². The molecule has 6 heteroatoms. The zero-order valence-electron chi connectivity index (χ0n) is 20.3. The molecule has 0 radical (unpaired) electrons. The average Bonchev–Trinajstić information content (AvgIpc) is 3.47. The van der Waals surface area contributed by atoms with Crippen LogP contribution in [-0.4, -0.2) is 36.6 Å². The molecule has 1 amide bonds. The van der Waals surface area contributed by atoms with E-state index in [9.17, 15) is 4.79 Å². The first-order valence-electron chi connectivity index (χ1n) is 12.6. The second-order valence-corrected chi connectivity index (χ2v) is 9.23. The molecule has 2 aromatic carbocycles. The van der Waals surface area contributed by atoms with Gasteiger partial charge in [0.25, 0.3) is 5.91 Å². The topological polar surface area (TPSA) is 70.4 Å². The van der Waals surface area contributed by atoms with Gasteiger partial charge in [0.1, 0.15) is 5.76 Å². The Bertz CT molecular complexity index is 1220. The Labute approximate surface area is 212 Å². The summed E-state index contributed by atoms with van der Waals surface area (Å²) in [5, 5.41) is 6.76. The Morgan fingerprint density at radius 1 is 1.00 bits per heavy atom.